The van der Waals surface area contributed by atoms with Crippen LogP contribution < -0.4 is 0 Å². The lowest BCUT2D eigenvalue weighted by Gasteiger charge is -2.42. The van der Waals surface area contributed by atoms with Gasteiger partial charge in [0, 0.05) is 18.8 Å². The summed E-state index contributed by atoms with van der Waals surface area (Å²) in [6.07, 6.45) is 0.299. The Balaban J connectivity index is 2.19. The van der Waals surface area contributed by atoms with Gasteiger partial charge in [-0.15, -0.1) is 0 Å². The number of pyridine rings is 1. The SMILES string of the molecule is CCC[C@]1(C(=O)O)CCN(C(=O)c2ccc(C)nc2C)C[C@@H]1O. The van der Waals surface area contributed by atoms with E-state index in [-0.39, 0.29) is 18.9 Å². The second kappa shape index (κ2) is 6.66. The predicted octanol–water partition coefficient (Wildman–Crippen LogP) is 1.78. The smallest absolute Gasteiger partial charge is 0.312 e. The van der Waals surface area contributed by atoms with E-state index in [4.69, 9.17) is 0 Å². The van der Waals surface area contributed by atoms with Crippen LogP contribution in [0.3, 0.4) is 0 Å². The minimum atomic E-state index is -1.15. The van der Waals surface area contributed by atoms with E-state index in [1.165, 1.54) is 4.90 Å². The first-order valence-corrected chi connectivity index (χ1v) is 7.97. The van der Waals surface area contributed by atoms with Crippen LogP contribution in [-0.4, -0.2) is 51.2 Å². The molecule has 1 fully saturated rings. The summed E-state index contributed by atoms with van der Waals surface area (Å²) in [5.74, 6) is -1.18. The average molecular weight is 320 g/mol. The highest BCUT2D eigenvalue weighted by Gasteiger charge is 2.48. The second-order valence-corrected chi connectivity index (χ2v) is 6.31. The Morgan fingerprint density at radius 3 is 2.61 bits per heavy atom. The fourth-order valence-corrected chi connectivity index (χ4v) is 3.34. The molecule has 0 bridgehead atoms. The van der Waals surface area contributed by atoms with Gasteiger partial charge in [-0.2, -0.15) is 0 Å². The number of carbonyl (C=O) groups excluding carboxylic acids is 1. The number of carboxylic acid groups (broad SMARTS) is 1. The molecule has 1 aliphatic heterocycles. The van der Waals surface area contributed by atoms with Crippen molar-refractivity contribution in [3.63, 3.8) is 0 Å². The first-order valence-electron chi connectivity index (χ1n) is 7.97. The summed E-state index contributed by atoms with van der Waals surface area (Å²) in [5.41, 5.74) is 0.839. The number of piperidine rings is 1. The van der Waals surface area contributed by atoms with Crippen LogP contribution in [0.25, 0.3) is 0 Å². The van der Waals surface area contributed by atoms with Crippen LogP contribution in [0, 0.1) is 19.3 Å². The standard InChI is InChI=1S/C17H24N2O4/c1-4-7-17(16(22)23)8-9-19(10-14(17)20)15(21)13-6-5-11(2)18-12(13)3/h5-6,14,20H,4,7-10H2,1-3H3,(H,22,23)/t14-,17-/m0/s1. The molecule has 1 saturated heterocycles. The number of aryl methyl sites for hydroxylation is 2. The number of aromatic nitrogens is 1. The van der Waals surface area contributed by atoms with E-state index in [0.29, 0.717) is 30.6 Å². The van der Waals surface area contributed by atoms with E-state index in [1.54, 1.807) is 19.1 Å². The molecule has 1 aliphatic rings. The highest BCUT2D eigenvalue weighted by molar-refractivity contribution is 5.95. The van der Waals surface area contributed by atoms with Crippen LogP contribution in [0.4, 0.5) is 0 Å². The maximum atomic E-state index is 12.6. The molecule has 126 valence electrons. The van der Waals surface area contributed by atoms with Gasteiger partial charge in [-0.3, -0.25) is 14.6 Å². The molecule has 0 unspecified atom stereocenters. The summed E-state index contributed by atoms with van der Waals surface area (Å²) in [6, 6.07) is 3.51. The lowest BCUT2D eigenvalue weighted by Crippen LogP contribution is -2.56. The van der Waals surface area contributed by atoms with Crippen LogP contribution in [0.2, 0.25) is 0 Å². The van der Waals surface area contributed by atoms with Crippen LogP contribution >= 0.6 is 0 Å². The van der Waals surface area contributed by atoms with Gasteiger partial charge >= 0.3 is 5.97 Å². The lowest BCUT2D eigenvalue weighted by molar-refractivity contribution is -0.162. The third-order valence-electron chi connectivity index (χ3n) is 4.72. The topological polar surface area (TPSA) is 90.7 Å². The van der Waals surface area contributed by atoms with Gasteiger partial charge in [0.15, 0.2) is 0 Å². The summed E-state index contributed by atoms with van der Waals surface area (Å²) < 4.78 is 0. The number of aliphatic hydroxyl groups excluding tert-OH is 1. The number of likely N-dealkylation sites (tertiary alicyclic amines) is 1. The summed E-state index contributed by atoms with van der Waals surface area (Å²) in [7, 11) is 0. The molecule has 0 aromatic carbocycles. The number of amides is 1. The van der Waals surface area contributed by atoms with Crippen LogP contribution in [-0.2, 0) is 4.79 Å². The lowest BCUT2D eigenvalue weighted by atomic mass is 9.72. The van der Waals surface area contributed by atoms with Gasteiger partial charge in [-0.1, -0.05) is 13.3 Å². The van der Waals surface area contributed by atoms with E-state index in [9.17, 15) is 19.8 Å². The fraction of sp³-hybridized carbons (Fsp3) is 0.588. The Hall–Kier alpha value is -1.95. The predicted molar refractivity (Wildman–Crippen MR) is 85.2 cm³/mol. The maximum Gasteiger partial charge on any atom is 0.312 e. The van der Waals surface area contributed by atoms with Crippen molar-refractivity contribution >= 4 is 11.9 Å². The Morgan fingerprint density at radius 2 is 2.09 bits per heavy atom. The van der Waals surface area contributed by atoms with E-state index < -0.39 is 17.5 Å². The first-order chi connectivity index (χ1) is 10.8. The van der Waals surface area contributed by atoms with Crippen molar-refractivity contribution in [2.75, 3.05) is 13.1 Å². The van der Waals surface area contributed by atoms with Crippen molar-refractivity contribution in [1.29, 1.82) is 0 Å². The summed E-state index contributed by atoms with van der Waals surface area (Å²) >= 11 is 0. The van der Waals surface area contributed by atoms with E-state index in [0.717, 1.165) is 5.69 Å². The quantitative estimate of drug-likeness (QED) is 0.882. The largest absolute Gasteiger partial charge is 0.481 e. The third kappa shape index (κ3) is 3.22. The second-order valence-electron chi connectivity index (χ2n) is 6.31. The van der Waals surface area contributed by atoms with Gasteiger partial charge in [0.05, 0.1) is 22.8 Å². The number of hydrogen-bond donors (Lipinski definition) is 2. The van der Waals surface area contributed by atoms with Gasteiger partial charge in [-0.25, -0.2) is 0 Å². The van der Waals surface area contributed by atoms with Crippen molar-refractivity contribution in [1.82, 2.24) is 9.88 Å². The normalized spacial score (nSPS) is 24.5. The number of aliphatic carboxylic acids is 1. The monoisotopic (exact) mass is 320 g/mol. The average Bonchev–Trinajstić information content (AvgIpc) is 2.48. The number of hydrogen-bond acceptors (Lipinski definition) is 4. The van der Waals surface area contributed by atoms with Crippen LogP contribution in [0.1, 0.15) is 47.9 Å². The van der Waals surface area contributed by atoms with Crippen LogP contribution in [0.15, 0.2) is 12.1 Å². The molecule has 0 aliphatic carbocycles. The molecule has 0 saturated carbocycles. The highest BCUT2D eigenvalue weighted by atomic mass is 16.4. The number of β-amino-alcohol motifs (C(OH)–C–C–N with tert-alkyl or cyclic N) is 1. The summed E-state index contributed by atoms with van der Waals surface area (Å²) in [4.78, 5) is 30.1. The third-order valence-corrected chi connectivity index (χ3v) is 4.72. The molecule has 0 radical (unpaired) electrons. The molecule has 2 atom stereocenters. The molecule has 1 amide bonds. The molecule has 1 aromatic heterocycles. The molecule has 23 heavy (non-hydrogen) atoms. The fourth-order valence-electron chi connectivity index (χ4n) is 3.34. The molecule has 1 aromatic rings. The molecule has 0 spiro atoms. The summed E-state index contributed by atoms with van der Waals surface area (Å²) in [5, 5.41) is 19.9. The molecule has 6 nitrogen and oxygen atoms in total. The van der Waals surface area contributed by atoms with Gasteiger partial charge in [0.1, 0.15) is 0 Å². The maximum absolute atomic E-state index is 12.6. The van der Waals surface area contributed by atoms with E-state index >= 15 is 0 Å². The zero-order chi connectivity index (χ0) is 17.2. The number of rotatable bonds is 4. The van der Waals surface area contributed by atoms with Gasteiger partial charge in [-0.05, 0) is 38.8 Å². The molecule has 2 rings (SSSR count). The number of nitrogens with zero attached hydrogens (tertiary/aromatic N) is 2. The molecule has 2 heterocycles. The van der Waals surface area contributed by atoms with Crippen molar-refractivity contribution in [3.05, 3.63) is 29.1 Å². The van der Waals surface area contributed by atoms with Crippen molar-refractivity contribution in [3.8, 4) is 0 Å². The van der Waals surface area contributed by atoms with E-state index in [1.807, 2.05) is 13.8 Å². The molecular weight excluding hydrogens is 296 g/mol. The van der Waals surface area contributed by atoms with E-state index in [2.05, 4.69) is 4.98 Å². The van der Waals surface area contributed by atoms with Gasteiger partial charge < -0.3 is 15.1 Å². The Labute approximate surface area is 136 Å². The minimum Gasteiger partial charge on any atom is -0.481 e. The highest BCUT2D eigenvalue weighted by Crippen LogP contribution is 2.37. The Bertz CT molecular complexity index is 617. The first kappa shape index (κ1) is 17.4. The molecule has 6 heteroatoms. The van der Waals surface area contributed by atoms with Crippen molar-refractivity contribution in [2.45, 2.75) is 46.1 Å². The Morgan fingerprint density at radius 1 is 1.39 bits per heavy atom. The molecule has 2 N–H and O–H groups in total. The van der Waals surface area contributed by atoms with Gasteiger partial charge in [0.2, 0.25) is 0 Å². The van der Waals surface area contributed by atoms with Gasteiger partial charge in [0.25, 0.3) is 5.91 Å². The van der Waals surface area contributed by atoms with Crippen molar-refractivity contribution < 1.29 is 19.8 Å². The van der Waals surface area contributed by atoms with Crippen molar-refractivity contribution in [2.24, 2.45) is 5.41 Å². The summed E-state index contributed by atoms with van der Waals surface area (Å²) in [6.45, 7) is 5.90. The number of carbonyl (C=O) groups is 2. The van der Waals surface area contributed by atoms with Crippen LogP contribution in [0.5, 0.6) is 0 Å². The molecular formula is C17H24N2O4. The zero-order valence-electron chi connectivity index (χ0n) is 13.9. The Kier molecular flexibility index (Phi) is 5.04. The zero-order valence-corrected chi connectivity index (χ0v) is 13.9. The number of carboxylic acids is 1. The minimum absolute atomic E-state index is 0.0401. The number of aliphatic hydroxyl groups is 1.